The number of hydrogen-bond acceptors (Lipinski definition) is 3. The molecule has 3 heteroatoms. The number of hydrogen-bond donors (Lipinski definition) is 0. The van der Waals surface area contributed by atoms with E-state index in [-0.39, 0.29) is 24.0 Å². The first kappa shape index (κ1) is 29.5. The minimum atomic E-state index is -0.185. The molecule has 6 aromatic rings. The quantitative estimate of drug-likeness (QED) is 0.181. The van der Waals surface area contributed by atoms with Gasteiger partial charge >= 0.3 is 0 Å². The molecule has 1 heterocycles. The molecule has 0 N–H and O–H groups in total. The molecule has 4 atom stereocenters. The summed E-state index contributed by atoms with van der Waals surface area (Å²) in [6, 6.07) is 57.0. The van der Waals surface area contributed by atoms with Crippen LogP contribution in [0.4, 0.5) is 22.7 Å². The Kier molecular flexibility index (Phi) is 7.29. The third-order valence-electron chi connectivity index (χ3n) is 10.3. The van der Waals surface area contributed by atoms with Crippen LogP contribution in [0.15, 0.2) is 169 Å². The molecule has 0 aromatic heterocycles. The van der Waals surface area contributed by atoms with Crippen LogP contribution in [0.1, 0.15) is 45.2 Å². The normalized spacial score (nSPS) is 20.2. The smallest absolute Gasteiger partial charge is 0.106 e. The zero-order chi connectivity index (χ0) is 32.9. The molecule has 2 aliphatic carbocycles. The molecular formula is C46H38N2O. The second kappa shape index (κ2) is 12.1. The number of aryl methyl sites for hydroxylation is 2. The lowest BCUT2D eigenvalue weighted by Crippen LogP contribution is -2.33. The van der Waals surface area contributed by atoms with E-state index >= 15 is 0 Å². The van der Waals surface area contributed by atoms with Crippen molar-refractivity contribution in [1.82, 2.24) is 0 Å². The van der Waals surface area contributed by atoms with Crippen LogP contribution in [0.5, 0.6) is 0 Å². The molecule has 1 aliphatic heterocycles. The first-order chi connectivity index (χ1) is 24.1. The van der Waals surface area contributed by atoms with Crippen LogP contribution < -0.4 is 9.80 Å². The molecule has 6 aromatic carbocycles. The molecule has 49 heavy (non-hydrogen) atoms. The lowest BCUT2D eigenvalue weighted by Gasteiger charge is -2.38. The Morgan fingerprint density at radius 2 is 0.796 bits per heavy atom. The van der Waals surface area contributed by atoms with Gasteiger partial charge in [0.2, 0.25) is 0 Å². The summed E-state index contributed by atoms with van der Waals surface area (Å²) < 4.78 is 7.60. The monoisotopic (exact) mass is 634 g/mol. The maximum Gasteiger partial charge on any atom is 0.106 e. The van der Waals surface area contributed by atoms with Crippen molar-refractivity contribution >= 4 is 34.9 Å². The van der Waals surface area contributed by atoms with Gasteiger partial charge in [0.25, 0.3) is 0 Å². The molecule has 1 saturated heterocycles. The van der Waals surface area contributed by atoms with Crippen LogP contribution in [-0.4, -0.2) is 12.2 Å². The van der Waals surface area contributed by atoms with Gasteiger partial charge in [0.05, 0.1) is 11.4 Å². The molecule has 3 nitrogen and oxygen atoms in total. The third kappa shape index (κ3) is 5.10. The molecule has 4 unspecified atom stereocenters. The van der Waals surface area contributed by atoms with Crippen LogP contribution >= 0.6 is 0 Å². The predicted molar refractivity (Wildman–Crippen MR) is 203 cm³/mol. The van der Waals surface area contributed by atoms with Crippen molar-refractivity contribution in [2.75, 3.05) is 9.80 Å². The van der Waals surface area contributed by atoms with Crippen LogP contribution in [-0.2, 0) is 4.74 Å². The number of para-hydroxylation sites is 2. The van der Waals surface area contributed by atoms with E-state index in [1.807, 2.05) is 0 Å². The van der Waals surface area contributed by atoms with Crippen LogP contribution in [0.25, 0.3) is 12.2 Å². The Morgan fingerprint density at radius 3 is 1.22 bits per heavy atom. The van der Waals surface area contributed by atoms with Crippen molar-refractivity contribution in [3.8, 4) is 0 Å². The van der Waals surface area contributed by atoms with Gasteiger partial charge in [-0.3, -0.25) is 0 Å². The second-order valence-electron chi connectivity index (χ2n) is 13.4. The van der Waals surface area contributed by atoms with E-state index in [4.69, 9.17) is 4.74 Å². The Balaban J connectivity index is 1.27. The van der Waals surface area contributed by atoms with Crippen LogP contribution in [0.3, 0.4) is 0 Å². The first-order valence-electron chi connectivity index (χ1n) is 17.2. The second-order valence-corrected chi connectivity index (χ2v) is 13.4. The Morgan fingerprint density at radius 1 is 0.408 bits per heavy atom. The van der Waals surface area contributed by atoms with Gasteiger partial charge in [0.1, 0.15) is 12.2 Å². The summed E-state index contributed by atoms with van der Waals surface area (Å²) in [6.07, 6.45) is 4.37. The highest BCUT2D eigenvalue weighted by atomic mass is 16.5. The van der Waals surface area contributed by atoms with Gasteiger partial charge in [-0.25, -0.2) is 0 Å². The van der Waals surface area contributed by atoms with Crippen molar-refractivity contribution in [3.63, 3.8) is 0 Å². The number of nitrogens with zero attached hydrogens (tertiary/aromatic N) is 2. The van der Waals surface area contributed by atoms with Crippen molar-refractivity contribution < 1.29 is 4.74 Å². The minimum absolute atomic E-state index is 0.109. The first-order valence-corrected chi connectivity index (χ1v) is 17.2. The molecule has 0 saturated carbocycles. The van der Waals surface area contributed by atoms with E-state index < -0.39 is 0 Å². The maximum absolute atomic E-state index is 7.60. The maximum atomic E-state index is 7.60. The molecule has 0 radical (unpaired) electrons. The number of fused-ring (bicyclic) bond motifs is 7. The van der Waals surface area contributed by atoms with Crippen molar-refractivity contribution in [3.05, 3.63) is 203 Å². The molecule has 3 aliphatic rings. The van der Waals surface area contributed by atoms with Gasteiger partial charge in [-0.2, -0.15) is 0 Å². The van der Waals surface area contributed by atoms with Crippen molar-refractivity contribution in [1.29, 1.82) is 0 Å². The summed E-state index contributed by atoms with van der Waals surface area (Å²) in [5.74, 6) is 0.217. The molecule has 238 valence electrons. The van der Waals surface area contributed by atoms with Crippen LogP contribution in [0.2, 0.25) is 0 Å². The van der Waals surface area contributed by atoms with Crippen molar-refractivity contribution in [2.24, 2.45) is 0 Å². The number of rotatable bonds is 6. The molecule has 0 bridgehead atoms. The average molecular weight is 635 g/mol. The summed E-state index contributed by atoms with van der Waals surface area (Å²) in [5, 5.41) is 0. The molecule has 0 spiro atoms. The van der Waals surface area contributed by atoms with Gasteiger partial charge < -0.3 is 14.5 Å². The van der Waals surface area contributed by atoms with Gasteiger partial charge in [-0.05, 0) is 108 Å². The Labute approximate surface area is 289 Å². The summed E-state index contributed by atoms with van der Waals surface area (Å²) >= 11 is 0. The van der Waals surface area contributed by atoms with Gasteiger partial charge in [0, 0.05) is 34.6 Å². The molecule has 0 amide bonds. The molecule has 9 rings (SSSR count). The van der Waals surface area contributed by atoms with Gasteiger partial charge in [0.15, 0.2) is 0 Å². The third-order valence-corrected chi connectivity index (χ3v) is 10.3. The SMILES string of the molecule is Cc1cccc(N(C2=Cc3ccccc3C3C2OC2C(N(c4ccccc4)c4cccc(C)c4)=Cc4ccccc4C23)c2ccccc2)c1. The lowest BCUT2D eigenvalue weighted by molar-refractivity contribution is 0.0778. The van der Waals surface area contributed by atoms with Crippen LogP contribution in [0, 0.1) is 13.8 Å². The van der Waals surface area contributed by atoms with Crippen molar-refractivity contribution in [2.45, 2.75) is 37.9 Å². The topological polar surface area (TPSA) is 15.7 Å². The Hall–Kier alpha value is -5.64. The zero-order valence-corrected chi connectivity index (χ0v) is 27.8. The summed E-state index contributed by atoms with van der Waals surface area (Å²) in [5.41, 5.74) is 14.5. The summed E-state index contributed by atoms with van der Waals surface area (Å²) in [7, 11) is 0. The fourth-order valence-corrected chi connectivity index (χ4v) is 8.27. The fourth-order valence-electron chi connectivity index (χ4n) is 8.27. The highest BCUT2D eigenvalue weighted by Crippen LogP contribution is 2.58. The molecule has 1 fully saturated rings. The fraction of sp³-hybridized carbons (Fsp3) is 0.130. The molecular weight excluding hydrogens is 597 g/mol. The van der Waals surface area contributed by atoms with E-state index in [9.17, 15) is 0 Å². The van der Waals surface area contributed by atoms with E-state index in [0.29, 0.717) is 0 Å². The largest absolute Gasteiger partial charge is 0.361 e. The number of ether oxygens (including phenoxy) is 1. The highest BCUT2D eigenvalue weighted by molar-refractivity contribution is 5.80. The standard InChI is InChI=1S/C46H38N2O/c1-31-15-13-23-37(27-31)47(35-19-5-3-6-20-35)41-29-33-17-9-11-25-39(33)43-44-40-26-12-10-18-34(40)30-42(46(44)49-45(41)43)48(36-21-7-4-8-22-36)38-24-14-16-32(2)28-38/h3-30,43-46H,1-2H3. The van der Waals surface area contributed by atoms with E-state index in [1.54, 1.807) is 0 Å². The van der Waals surface area contributed by atoms with E-state index in [1.165, 1.54) is 33.4 Å². The van der Waals surface area contributed by atoms with E-state index in [0.717, 1.165) is 34.1 Å². The minimum Gasteiger partial charge on any atom is -0.361 e. The highest BCUT2D eigenvalue weighted by Gasteiger charge is 2.54. The van der Waals surface area contributed by atoms with Gasteiger partial charge in [-0.1, -0.05) is 109 Å². The number of benzene rings is 6. The number of anilines is 4. The zero-order valence-electron chi connectivity index (χ0n) is 27.8. The predicted octanol–water partition coefficient (Wildman–Crippen LogP) is 11.3. The Bertz CT molecular complexity index is 2060. The van der Waals surface area contributed by atoms with Gasteiger partial charge in [-0.15, -0.1) is 0 Å². The summed E-state index contributed by atoms with van der Waals surface area (Å²) in [4.78, 5) is 4.84. The summed E-state index contributed by atoms with van der Waals surface area (Å²) in [6.45, 7) is 4.33. The lowest BCUT2D eigenvalue weighted by atomic mass is 9.70. The average Bonchev–Trinajstić information content (AvgIpc) is 3.55. The van der Waals surface area contributed by atoms with E-state index in [2.05, 4.69) is 194 Å².